The Morgan fingerprint density at radius 1 is 1.29 bits per heavy atom. The standard InChI is InChI=1S/C20H19IN2O4S/c1-2-10-27-16-7-6-14(11-15(16)21)12-17-19(25)23(20(26)28-17)13-18(24)22-8-4-3-5-9-22/h1,6-7,11-12H,3-5,8-10,13H2/b17-12-. The predicted molar refractivity (Wildman–Crippen MR) is 117 cm³/mol. The topological polar surface area (TPSA) is 66.9 Å². The lowest BCUT2D eigenvalue weighted by molar-refractivity contribution is -0.136. The minimum Gasteiger partial charge on any atom is -0.480 e. The van der Waals surface area contributed by atoms with Gasteiger partial charge in [-0.25, -0.2) is 0 Å². The van der Waals surface area contributed by atoms with Crippen LogP contribution in [0.4, 0.5) is 4.79 Å². The van der Waals surface area contributed by atoms with Crippen LogP contribution in [0.5, 0.6) is 5.75 Å². The molecule has 0 atom stereocenters. The number of rotatable bonds is 5. The van der Waals surface area contributed by atoms with Crippen molar-refractivity contribution >= 4 is 57.5 Å². The van der Waals surface area contributed by atoms with Gasteiger partial charge in [0.15, 0.2) is 0 Å². The van der Waals surface area contributed by atoms with E-state index in [0.29, 0.717) is 23.7 Å². The van der Waals surface area contributed by atoms with E-state index in [4.69, 9.17) is 11.2 Å². The van der Waals surface area contributed by atoms with Gasteiger partial charge in [0, 0.05) is 13.1 Å². The number of terminal acetylenes is 1. The van der Waals surface area contributed by atoms with Crippen LogP contribution in [0.2, 0.25) is 0 Å². The number of nitrogens with zero attached hydrogens (tertiary/aromatic N) is 2. The van der Waals surface area contributed by atoms with Crippen molar-refractivity contribution in [1.82, 2.24) is 9.80 Å². The molecule has 2 aliphatic rings. The Balaban J connectivity index is 1.69. The Labute approximate surface area is 181 Å². The normalized spacial score (nSPS) is 18.5. The van der Waals surface area contributed by atoms with Crippen LogP contribution in [0.25, 0.3) is 6.08 Å². The van der Waals surface area contributed by atoms with Gasteiger partial charge in [0.1, 0.15) is 18.9 Å². The zero-order valence-corrected chi connectivity index (χ0v) is 18.1. The molecule has 0 bridgehead atoms. The molecule has 0 N–H and O–H groups in total. The van der Waals surface area contributed by atoms with Crippen LogP contribution in [-0.4, -0.2) is 53.1 Å². The first-order valence-corrected chi connectivity index (χ1v) is 10.8. The van der Waals surface area contributed by atoms with E-state index in [1.54, 1.807) is 23.1 Å². The maximum atomic E-state index is 12.6. The largest absolute Gasteiger partial charge is 0.480 e. The molecule has 0 radical (unpaired) electrons. The number of hydrogen-bond acceptors (Lipinski definition) is 5. The summed E-state index contributed by atoms with van der Waals surface area (Å²) >= 11 is 2.98. The van der Waals surface area contributed by atoms with Crippen LogP contribution in [0.15, 0.2) is 23.1 Å². The Kier molecular flexibility index (Phi) is 7.02. The van der Waals surface area contributed by atoms with E-state index < -0.39 is 11.1 Å². The first-order valence-electron chi connectivity index (χ1n) is 8.88. The van der Waals surface area contributed by atoms with Crippen molar-refractivity contribution < 1.29 is 19.1 Å². The third-order valence-corrected chi connectivity index (χ3v) is 6.19. The highest BCUT2D eigenvalue weighted by atomic mass is 127. The number of carbonyl (C=O) groups excluding carboxylic acids is 3. The summed E-state index contributed by atoms with van der Waals surface area (Å²) in [5, 5.41) is -0.412. The number of amides is 3. The summed E-state index contributed by atoms with van der Waals surface area (Å²) in [6, 6.07) is 5.41. The van der Waals surface area contributed by atoms with Crippen molar-refractivity contribution in [3.63, 3.8) is 0 Å². The number of carbonyl (C=O) groups is 3. The van der Waals surface area contributed by atoms with Crippen LogP contribution >= 0.6 is 34.4 Å². The van der Waals surface area contributed by atoms with E-state index in [0.717, 1.165) is 45.1 Å². The van der Waals surface area contributed by atoms with Crippen LogP contribution < -0.4 is 4.74 Å². The molecule has 28 heavy (non-hydrogen) atoms. The van der Waals surface area contributed by atoms with Crippen LogP contribution in [0, 0.1) is 15.9 Å². The van der Waals surface area contributed by atoms with Gasteiger partial charge in [-0.15, -0.1) is 6.42 Å². The molecule has 146 valence electrons. The number of piperidine rings is 1. The van der Waals surface area contributed by atoms with E-state index in [2.05, 4.69) is 28.5 Å². The summed E-state index contributed by atoms with van der Waals surface area (Å²) in [5.74, 6) is 2.47. The Hall–Kier alpha value is -1.99. The van der Waals surface area contributed by atoms with Crippen molar-refractivity contribution in [1.29, 1.82) is 0 Å². The number of benzene rings is 1. The number of ether oxygens (including phenoxy) is 1. The lowest BCUT2D eigenvalue weighted by Crippen LogP contribution is -2.44. The van der Waals surface area contributed by atoms with Gasteiger partial charge in [-0.05, 0) is 77.4 Å². The molecule has 2 fully saturated rings. The summed E-state index contributed by atoms with van der Waals surface area (Å²) < 4.78 is 6.27. The Morgan fingerprint density at radius 2 is 2.04 bits per heavy atom. The molecule has 2 saturated heterocycles. The maximum absolute atomic E-state index is 12.6. The molecule has 1 aromatic rings. The second-order valence-corrected chi connectivity index (χ2v) is 8.55. The number of halogens is 1. The van der Waals surface area contributed by atoms with E-state index in [1.165, 1.54) is 0 Å². The fourth-order valence-electron chi connectivity index (χ4n) is 3.01. The van der Waals surface area contributed by atoms with Crippen molar-refractivity contribution in [2.24, 2.45) is 0 Å². The Morgan fingerprint density at radius 3 is 2.71 bits per heavy atom. The smallest absolute Gasteiger partial charge is 0.294 e. The van der Waals surface area contributed by atoms with Crippen molar-refractivity contribution in [3.8, 4) is 18.1 Å². The average Bonchev–Trinajstić information content (AvgIpc) is 2.95. The number of likely N-dealkylation sites (tertiary alicyclic amines) is 1. The van der Waals surface area contributed by atoms with E-state index in [-0.39, 0.29) is 19.1 Å². The van der Waals surface area contributed by atoms with Gasteiger partial charge in [0.05, 0.1) is 8.48 Å². The quantitative estimate of drug-likeness (QED) is 0.346. The molecule has 1 aromatic carbocycles. The molecule has 2 heterocycles. The summed E-state index contributed by atoms with van der Waals surface area (Å²) in [7, 11) is 0. The van der Waals surface area contributed by atoms with Gasteiger partial charge < -0.3 is 9.64 Å². The highest BCUT2D eigenvalue weighted by Gasteiger charge is 2.37. The molecule has 0 aromatic heterocycles. The van der Waals surface area contributed by atoms with Crippen molar-refractivity contribution in [3.05, 3.63) is 32.2 Å². The van der Waals surface area contributed by atoms with Crippen molar-refractivity contribution in [2.75, 3.05) is 26.2 Å². The van der Waals surface area contributed by atoms with Crippen molar-refractivity contribution in [2.45, 2.75) is 19.3 Å². The lowest BCUT2D eigenvalue weighted by atomic mass is 10.1. The van der Waals surface area contributed by atoms with Crippen LogP contribution in [0.1, 0.15) is 24.8 Å². The summed E-state index contributed by atoms with van der Waals surface area (Å²) in [5.41, 5.74) is 0.769. The molecule has 0 aliphatic carbocycles. The molecule has 0 spiro atoms. The number of thioether (sulfide) groups is 1. The zero-order chi connectivity index (χ0) is 20.1. The summed E-state index contributed by atoms with van der Waals surface area (Å²) in [6.45, 7) is 1.37. The fourth-order valence-corrected chi connectivity index (χ4v) is 4.54. The predicted octanol–water partition coefficient (Wildman–Crippen LogP) is 3.35. The molecule has 8 heteroatoms. The summed E-state index contributed by atoms with van der Waals surface area (Å²) in [4.78, 5) is 40.4. The second-order valence-electron chi connectivity index (χ2n) is 6.39. The van der Waals surface area contributed by atoms with Gasteiger partial charge in [-0.3, -0.25) is 19.3 Å². The highest BCUT2D eigenvalue weighted by Crippen LogP contribution is 2.33. The van der Waals surface area contributed by atoms with Gasteiger partial charge in [0.2, 0.25) is 5.91 Å². The monoisotopic (exact) mass is 510 g/mol. The van der Waals surface area contributed by atoms with Gasteiger partial charge in [-0.2, -0.15) is 0 Å². The highest BCUT2D eigenvalue weighted by molar-refractivity contribution is 14.1. The third-order valence-electron chi connectivity index (χ3n) is 4.44. The van der Waals surface area contributed by atoms with Gasteiger partial charge >= 0.3 is 0 Å². The van der Waals surface area contributed by atoms with Crippen LogP contribution in [-0.2, 0) is 9.59 Å². The number of imide groups is 1. The minimum absolute atomic E-state index is 0.173. The first-order chi connectivity index (χ1) is 13.5. The first kappa shape index (κ1) is 20.7. The summed E-state index contributed by atoms with van der Waals surface area (Å²) in [6.07, 6.45) is 9.90. The van der Waals surface area contributed by atoms with E-state index in [1.807, 2.05) is 6.07 Å². The van der Waals surface area contributed by atoms with E-state index in [9.17, 15) is 14.4 Å². The third kappa shape index (κ3) is 4.89. The maximum Gasteiger partial charge on any atom is 0.294 e. The average molecular weight is 510 g/mol. The molecular weight excluding hydrogens is 491 g/mol. The molecule has 3 amide bonds. The molecule has 0 saturated carbocycles. The number of hydrogen-bond donors (Lipinski definition) is 0. The Bertz CT molecular complexity index is 871. The SMILES string of the molecule is C#CCOc1ccc(/C=C2\SC(=O)N(CC(=O)N3CCCCC3)C2=O)cc1I. The minimum atomic E-state index is -0.428. The fraction of sp³-hybridized carbons (Fsp3) is 0.350. The molecule has 0 unspecified atom stereocenters. The van der Waals surface area contributed by atoms with E-state index >= 15 is 0 Å². The molecular formula is C20H19IN2O4S. The molecule has 6 nitrogen and oxygen atoms in total. The molecule has 3 rings (SSSR count). The van der Waals surface area contributed by atoms with Gasteiger partial charge in [-0.1, -0.05) is 12.0 Å². The molecule has 2 aliphatic heterocycles. The zero-order valence-electron chi connectivity index (χ0n) is 15.2. The second kappa shape index (κ2) is 9.47. The van der Waals surface area contributed by atoms with Gasteiger partial charge in [0.25, 0.3) is 11.1 Å². The van der Waals surface area contributed by atoms with Crippen LogP contribution in [0.3, 0.4) is 0 Å². The lowest BCUT2D eigenvalue weighted by Gasteiger charge is -2.27.